The third-order valence-corrected chi connectivity index (χ3v) is 3.93. The van der Waals surface area contributed by atoms with Gasteiger partial charge in [0, 0.05) is 12.6 Å². The lowest BCUT2D eigenvalue weighted by Crippen LogP contribution is -1.97. The van der Waals surface area contributed by atoms with Crippen molar-refractivity contribution in [3.63, 3.8) is 0 Å². The predicted molar refractivity (Wildman–Crippen MR) is 74.0 cm³/mol. The van der Waals surface area contributed by atoms with Gasteiger partial charge >= 0.3 is 0 Å². The van der Waals surface area contributed by atoms with E-state index in [9.17, 15) is 0 Å². The molecule has 2 rings (SSSR count). The maximum atomic E-state index is 5.93. The number of nitrogens with zero attached hydrogens (tertiary/aromatic N) is 2. The molecule has 0 saturated heterocycles. The quantitative estimate of drug-likeness (QED) is 0.726. The Bertz CT molecular complexity index is 511. The molecule has 0 radical (unpaired) electrons. The van der Waals surface area contributed by atoms with E-state index in [1.165, 1.54) is 0 Å². The van der Waals surface area contributed by atoms with Crippen molar-refractivity contribution in [1.29, 1.82) is 0 Å². The molecule has 2 aromatic rings. The molecule has 6 heteroatoms. The Labute approximate surface area is 122 Å². The molecular weight excluding hydrogens is 346 g/mol. The fourth-order valence-corrected chi connectivity index (χ4v) is 1.96. The van der Waals surface area contributed by atoms with Gasteiger partial charge in [0.1, 0.15) is 11.0 Å². The highest BCUT2D eigenvalue weighted by atomic mass is 79.9. The van der Waals surface area contributed by atoms with Crippen LogP contribution in [0.5, 0.6) is 0 Å². The Balaban J connectivity index is 2.25. The summed E-state index contributed by atoms with van der Waals surface area (Å²) in [5.74, 6) is 0.636. The monoisotopic (exact) mass is 350 g/mol. The van der Waals surface area contributed by atoms with Crippen LogP contribution < -0.4 is 0 Å². The summed E-state index contributed by atoms with van der Waals surface area (Å²) in [6, 6.07) is 5.43. The molecule has 1 aromatic carbocycles. The van der Waals surface area contributed by atoms with Gasteiger partial charge in [0.25, 0.3) is 0 Å². The van der Waals surface area contributed by atoms with Crippen molar-refractivity contribution < 1.29 is 0 Å². The maximum Gasteiger partial charge on any atom is 0.146 e. The van der Waals surface area contributed by atoms with Crippen LogP contribution in [0.2, 0.25) is 15.2 Å². The van der Waals surface area contributed by atoms with Crippen molar-refractivity contribution in [2.45, 2.75) is 6.42 Å². The number of benzene rings is 1. The molecule has 0 aliphatic rings. The lowest BCUT2D eigenvalue weighted by Gasteiger charge is -2.03. The normalized spacial score (nSPS) is 10.6. The van der Waals surface area contributed by atoms with E-state index < -0.39 is 0 Å². The van der Waals surface area contributed by atoms with Gasteiger partial charge in [-0.1, -0.05) is 40.9 Å². The molecule has 2 nitrogen and oxygen atoms in total. The van der Waals surface area contributed by atoms with E-state index in [2.05, 4.69) is 25.9 Å². The summed E-state index contributed by atoms with van der Waals surface area (Å²) in [4.78, 5) is 8.32. The molecule has 0 aliphatic heterocycles. The van der Waals surface area contributed by atoms with Crippen molar-refractivity contribution >= 4 is 50.7 Å². The average molecular weight is 352 g/mol. The first kappa shape index (κ1) is 13.1. The van der Waals surface area contributed by atoms with Crippen LogP contribution in [0.3, 0.4) is 0 Å². The fraction of sp³-hybridized carbons (Fsp3) is 0.0909. The Kier molecular flexibility index (Phi) is 4.26. The molecule has 0 N–H and O–H groups in total. The second-order valence-electron chi connectivity index (χ2n) is 3.35. The van der Waals surface area contributed by atoms with Crippen molar-refractivity contribution in [3.05, 3.63) is 55.5 Å². The smallest absolute Gasteiger partial charge is 0.146 e. The summed E-state index contributed by atoms with van der Waals surface area (Å²) in [7, 11) is 0. The summed E-state index contributed by atoms with van der Waals surface area (Å²) < 4.78 is 0.678. The lowest BCUT2D eigenvalue weighted by atomic mass is 10.1. The molecule has 88 valence electrons. The molecular formula is C11H6BrCl3N2. The highest BCUT2D eigenvalue weighted by molar-refractivity contribution is 9.10. The number of halogens is 4. The summed E-state index contributed by atoms with van der Waals surface area (Å²) in [6.45, 7) is 0. The average Bonchev–Trinajstić information content (AvgIpc) is 2.29. The predicted octanol–water partition coefficient (Wildman–Crippen LogP) is 4.79. The first-order valence-electron chi connectivity index (χ1n) is 4.67. The molecule has 0 saturated carbocycles. The zero-order valence-electron chi connectivity index (χ0n) is 8.42. The van der Waals surface area contributed by atoms with Crippen LogP contribution in [0, 0.1) is 0 Å². The molecule has 0 spiro atoms. The van der Waals surface area contributed by atoms with Crippen LogP contribution in [0.4, 0.5) is 0 Å². The Hall–Kier alpha value is -0.350. The lowest BCUT2D eigenvalue weighted by molar-refractivity contribution is 0.962. The van der Waals surface area contributed by atoms with Crippen LogP contribution in [0.1, 0.15) is 11.4 Å². The molecule has 0 bridgehead atoms. The van der Waals surface area contributed by atoms with Gasteiger partial charge in [-0.3, -0.25) is 0 Å². The highest BCUT2D eigenvalue weighted by Gasteiger charge is 2.05. The number of rotatable bonds is 2. The topological polar surface area (TPSA) is 25.8 Å². The van der Waals surface area contributed by atoms with Gasteiger partial charge in [-0.2, -0.15) is 0 Å². The minimum absolute atomic E-state index is 0.398. The van der Waals surface area contributed by atoms with E-state index in [4.69, 9.17) is 34.8 Å². The molecule has 17 heavy (non-hydrogen) atoms. The van der Waals surface area contributed by atoms with Gasteiger partial charge in [-0.25, -0.2) is 9.97 Å². The summed E-state index contributed by atoms with van der Waals surface area (Å²) in [5, 5.41) is 1.45. The summed E-state index contributed by atoms with van der Waals surface area (Å²) in [6.07, 6.45) is 2.19. The number of aromatic nitrogens is 2. The van der Waals surface area contributed by atoms with E-state index in [1.807, 2.05) is 6.07 Å². The molecule has 1 heterocycles. The van der Waals surface area contributed by atoms with Crippen molar-refractivity contribution in [1.82, 2.24) is 9.97 Å². The molecule has 0 fully saturated rings. The van der Waals surface area contributed by atoms with Gasteiger partial charge in [0.15, 0.2) is 0 Å². The molecule has 1 aromatic heterocycles. The minimum atomic E-state index is 0.398. The van der Waals surface area contributed by atoms with Crippen molar-refractivity contribution in [3.8, 4) is 0 Å². The Morgan fingerprint density at radius 1 is 1.12 bits per heavy atom. The van der Waals surface area contributed by atoms with Crippen LogP contribution in [0.25, 0.3) is 0 Å². The van der Waals surface area contributed by atoms with Crippen LogP contribution in [-0.4, -0.2) is 9.97 Å². The number of hydrogen-bond acceptors (Lipinski definition) is 2. The number of hydrogen-bond donors (Lipinski definition) is 0. The standard InChI is InChI=1S/C11H6BrCl3N2/c12-7-5-16-10(17-11(7)15)4-6-1-2-8(13)9(14)3-6/h1-3,5H,4H2. The molecule has 0 aliphatic carbocycles. The third kappa shape index (κ3) is 3.32. The van der Waals surface area contributed by atoms with Crippen LogP contribution in [0.15, 0.2) is 28.9 Å². The van der Waals surface area contributed by atoms with Crippen molar-refractivity contribution in [2.75, 3.05) is 0 Å². The summed E-state index contributed by atoms with van der Waals surface area (Å²) >= 11 is 20.9. The first-order chi connectivity index (χ1) is 8.06. The third-order valence-electron chi connectivity index (χ3n) is 2.10. The highest BCUT2D eigenvalue weighted by Crippen LogP contribution is 2.24. The first-order valence-corrected chi connectivity index (χ1v) is 6.60. The van der Waals surface area contributed by atoms with Gasteiger partial charge < -0.3 is 0 Å². The largest absolute Gasteiger partial charge is 0.240 e. The second kappa shape index (κ2) is 5.53. The summed E-state index contributed by atoms with van der Waals surface area (Å²) in [5.41, 5.74) is 0.984. The molecule has 0 unspecified atom stereocenters. The van der Waals surface area contributed by atoms with Gasteiger partial charge in [0.05, 0.1) is 14.5 Å². The van der Waals surface area contributed by atoms with E-state index in [0.717, 1.165) is 5.56 Å². The van der Waals surface area contributed by atoms with Crippen molar-refractivity contribution in [2.24, 2.45) is 0 Å². The van der Waals surface area contributed by atoms with E-state index in [-0.39, 0.29) is 0 Å². The fourth-order valence-electron chi connectivity index (χ4n) is 1.30. The Morgan fingerprint density at radius 2 is 1.88 bits per heavy atom. The minimum Gasteiger partial charge on any atom is -0.240 e. The molecule has 0 amide bonds. The maximum absolute atomic E-state index is 5.93. The van der Waals surface area contributed by atoms with Gasteiger partial charge in [-0.05, 0) is 33.6 Å². The van der Waals surface area contributed by atoms with Crippen LogP contribution in [-0.2, 0) is 6.42 Å². The molecule has 0 atom stereocenters. The van der Waals surface area contributed by atoms with E-state index >= 15 is 0 Å². The van der Waals surface area contributed by atoms with E-state index in [1.54, 1.807) is 18.3 Å². The Morgan fingerprint density at radius 3 is 2.53 bits per heavy atom. The van der Waals surface area contributed by atoms with Gasteiger partial charge in [0.2, 0.25) is 0 Å². The zero-order valence-corrected chi connectivity index (χ0v) is 12.3. The van der Waals surface area contributed by atoms with Crippen LogP contribution >= 0.6 is 50.7 Å². The zero-order chi connectivity index (χ0) is 12.4. The van der Waals surface area contributed by atoms with Gasteiger partial charge in [-0.15, -0.1) is 0 Å². The SMILES string of the molecule is Clc1ccc(Cc2ncc(Br)c(Cl)n2)cc1Cl. The second-order valence-corrected chi connectivity index (χ2v) is 5.38. The van der Waals surface area contributed by atoms with E-state index in [0.29, 0.717) is 31.9 Å².